The number of aromatic amines is 1. The summed E-state index contributed by atoms with van der Waals surface area (Å²) in [6.45, 7) is 4.10. The van der Waals surface area contributed by atoms with Crippen LogP contribution in [0.5, 0.6) is 5.75 Å². The summed E-state index contributed by atoms with van der Waals surface area (Å²) in [7, 11) is 0. The molecule has 0 fully saturated rings. The van der Waals surface area contributed by atoms with Crippen molar-refractivity contribution >= 4 is 12.4 Å². The van der Waals surface area contributed by atoms with Crippen molar-refractivity contribution < 1.29 is 4.74 Å². The van der Waals surface area contributed by atoms with E-state index >= 15 is 0 Å². The fourth-order valence-corrected chi connectivity index (χ4v) is 1.55. The Balaban J connectivity index is 0.00000180. The first kappa shape index (κ1) is 15.1. The van der Waals surface area contributed by atoms with E-state index in [0.29, 0.717) is 18.9 Å². The fourth-order valence-electron chi connectivity index (χ4n) is 1.55. The Morgan fingerprint density at radius 2 is 2.11 bits per heavy atom. The van der Waals surface area contributed by atoms with Gasteiger partial charge in [-0.15, -0.1) is 17.5 Å². The van der Waals surface area contributed by atoms with Crippen molar-refractivity contribution in [1.29, 1.82) is 0 Å². The molecule has 0 radical (unpaired) electrons. The van der Waals surface area contributed by atoms with Gasteiger partial charge in [-0.1, -0.05) is 24.8 Å². The van der Waals surface area contributed by atoms with Gasteiger partial charge in [0.15, 0.2) is 5.82 Å². The number of ether oxygens (including phenoxy) is 1. The van der Waals surface area contributed by atoms with E-state index in [9.17, 15) is 0 Å². The summed E-state index contributed by atoms with van der Waals surface area (Å²) in [5.41, 5.74) is 7.07. The van der Waals surface area contributed by atoms with Gasteiger partial charge in [-0.25, -0.2) is 5.10 Å². The molecule has 1 atom stereocenters. The summed E-state index contributed by atoms with van der Waals surface area (Å²) in [6, 6.07) is 7.53. The van der Waals surface area contributed by atoms with Gasteiger partial charge in [0, 0.05) is 0 Å². The number of aromatic nitrogens is 4. The first-order valence-electron chi connectivity index (χ1n) is 5.61. The number of tetrazole rings is 1. The molecule has 0 bridgehead atoms. The van der Waals surface area contributed by atoms with Gasteiger partial charge in [0.1, 0.15) is 12.4 Å². The number of hydrogen-bond donors (Lipinski definition) is 2. The fraction of sp³-hybridized carbons (Fsp3) is 0.250. The van der Waals surface area contributed by atoms with Crippen LogP contribution < -0.4 is 10.5 Å². The molecule has 0 saturated carbocycles. The molecule has 102 valence electrons. The third kappa shape index (κ3) is 4.35. The molecule has 0 saturated heterocycles. The van der Waals surface area contributed by atoms with Crippen LogP contribution in [-0.2, 0) is 6.42 Å². The summed E-state index contributed by atoms with van der Waals surface area (Å²) < 4.78 is 5.40. The van der Waals surface area contributed by atoms with Crippen molar-refractivity contribution in [1.82, 2.24) is 20.6 Å². The highest BCUT2D eigenvalue weighted by molar-refractivity contribution is 5.85. The lowest BCUT2D eigenvalue weighted by molar-refractivity contribution is 0.363. The molecule has 0 spiro atoms. The summed E-state index contributed by atoms with van der Waals surface area (Å²) in [5.74, 6) is 1.40. The number of hydrogen-bond acceptors (Lipinski definition) is 5. The highest BCUT2D eigenvalue weighted by Crippen LogP contribution is 2.16. The predicted octanol–water partition coefficient (Wildman–Crippen LogP) is 1.43. The molecule has 1 heterocycles. The molecule has 3 N–H and O–H groups in total. The van der Waals surface area contributed by atoms with Gasteiger partial charge in [-0.2, -0.15) is 0 Å². The van der Waals surface area contributed by atoms with Crippen LogP contribution in [0.4, 0.5) is 0 Å². The van der Waals surface area contributed by atoms with Crippen LogP contribution in [0.1, 0.15) is 17.4 Å². The topological polar surface area (TPSA) is 89.7 Å². The minimum Gasteiger partial charge on any atom is -0.490 e. The van der Waals surface area contributed by atoms with Crippen molar-refractivity contribution in [2.24, 2.45) is 5.73 Å². The maximum absolute atomic E-state index is 5.97. The molecule has 0 aliphatic carbocycles. The third-order valence-electron chi connectivity index (χ3n) is 2.46. The monoisotopic (exact) mass is 281 g/mol. The van der Waals surface area contributed by atoms with Gasteiger partial charge in [0.05, 0.1) is 6.04 Å². The molecule has 1 aromatic carbocycles. The SMILES string of the molecule is C=CCOc1ccc(C[C@H](N)c2nnn[nH]2)cc1.Cl. The number of nitrogens with zero attached hydrogens (tertiary/aromatic N) is 3. The van der Waals surface area contributed by atoms with Crippen LogP contribution in [-0.4, -0.2) is 27.2 Å². The zero-order valence-corrected chi connectivity index (χ0v) is 11.1. The van der Waals surface area contributed by atoms with E-state index in [1.54, 1.807) is 6.08 Å². The quantitative estimate of drug-likeness (QED) is 0.782. The molecule has 6 nitrogen and oxygen atoms in total. The molecule has 1 aromatic heterocycles. The minimum atomic E-state index is -0.236. The molecule has 0 amide bonds. The Morgan fingerprint density at radius 3 is 2.68 bits per heavy atom. The molecule has 7 heteroatoms. The number of rotatable bonds is 6. The largest absolute Gasteiger partial charge is 0.490 e. The smallest absolute Gasteiger partial charge is 0.165 e. The molecule has 0 aliphatic rings. The highest BCUT2D eigenvalue weighted by atomic mass is 35.5. The molecule has 19 heavy (non-hydrogen) atoms. The Kier molecular flexibility index (Phi) is 5.98. The highest BCUT2D eigenvalue weighted by Gasteiger charge is 2.10. The number of benzene rings is 1. The van der Waals surface area contributed by atoms with Gasteiger partial charge in [-0.05, 0) is 34.5 Å². The van der Waals surface area contributed by atoms with Gasteiger partial charge < -0.3 is 10.5 Å². The second-order valence-electron chi connectivity index (χ2n) is 3.84. The van der Waals surface area contributed by atoms with Crippen LogP contribution in [0.3, 0.4) is 0 Å². The van der Waals surface area contributed by atoms with Crippen molar-refractivity contribution in [3.63, 3.8) is 0 Å². The van der Waals surface area contributed by atoms with Crippen LogP contribution >= 0.6 is 12.4 Å². The summed E-state index contributed by atoms with van der Waals surface area (Å²) in [6.07, 6.45) is 2.37. The molecular formula is C12H16ClN5O. The molecule has 0 aliphatic heterocycles. The van der Waals surface area contributed by atoms with Crippen LogP contribution in [0.25, 0.3) is 0 Å². The molecule has 2 aromatic rings. The average molecular weight is 282 g/mol. The predicted molar refractivity (Wildman–Crippen MR) is 74.2 cm³/mol. The minimum absolute atomic E-state index is 0. The van der Waals surface area contributed by atoms with Crippen molar-refractivity contribution in [3.05, 3.63) is 48.3 Å². The van der Waals surface area contributed by atoms with E-state index in [0.717, 1.165) is 11.3 Å². The number of H-pyrrole nitrogens is 1. The Morgan fingerprint density at radius 1 is 1.37 bits per heavy atom. The van der Waals surface area contributed by atoms with Gasteiger partial charge >= 0.3 is 0 Å². The Labute approximate surface area is 117 Å². The van der Waals surface area contributed by atoms with E-state index in [-0.39, 0.29) is 18.4 Å². The molecule has 2 rings (SSSR count). The van der Waals surface area contributed by atoms with Gasteiger partial charge in [0.2, 0.25) is 0 Å². The Bertz CT molecular complexity index is 485. The number of nitrogens with one attached hydrogen (secondary N) is 1. The van der Waals surface area contributed by atoms with Crippen molar-refractivity contribution in [2.45, 2.75) is 12.5 Å². The maximum atomic E-state index is 5.97. The van der Waals surface area contributed by atoms with Crippen LogP contribution in [0, 0.1) is 0 Å². The van der Waals surface area contributed by atoms with E-state index in [2.05, 4.69) is 27.2 Å². The van der Waals surface area contributed by atoms with E-state index in [4.69, 9.17) is 10.5 Å². The summed E-state index contributed by atoms with van der Waals surface area (Å²) in [5, 5.41) is 13.5. The third-order valence-corrected chi connectivity index (χ3v) is 2.46. The standard InChI is InChI=1S/C12H15N5O.ClH/c1-2-7-18-10-5-3-9(4-6-10)8-11(13)12-14-16-17-15-12;/h2-6,11H,1,7-8,13H2,(H,14,15,16,17);1H/t11-;/m0./s1. The van der Waals surface area contributed by atoms with E-state index in [1.165, 1.54) is 0 Å². The van der Waals surface area contributed by atoms with Gasteiger partial charge in [-0.3, -0.25) is 0 Å². The maximum Gasteiger partial charge on any atom is 0.165 e. The first-order chi connectivity index (χ1) is 8.79. The second-order valence-corrected chi connectivity index (χ2v) is 3.84. The normalized spacial score (nSPS) is 11.4. The lowest BCUT2D eigenvalue weighted by Gasteiger charge is -2.08. The molecule has 0 unspecified atom stereocenters. The van der Waals surface area contributed by atoms with Crippen molar-refractivity contribution in [2.75, 3.05) is 6.61 Å². The Hall–Kier alpha value is -1.92. The van der Waals surface area contributed by atoms with Crippen LogP contribution in [0.2, 0.25) is 0 Å². The van der Waals surface area contributed by atoms with E-state index in [1.807, 2.05) is 24.3 Å². The number of nitrogens with two attached hydrogens (primary N) is 1. The van der Waals surface area contributed by atoms with Crippen LogP contribution in [0.15, 0.2) is 36.9 Å². The lowest BCUT2D eigenvalue weighted by Crippen LogP contribution is -2.15. The zero-order valence-electron chi connectivity index (χ0n) is 10.3. The molecular weight excluding hydrogens is 266 g/mol. The second kappa shape index (κ2) is 7.50. The van der Waals surface area contributed by atoms with Crippen molar-refractivity contribution in [3.8, 4) is 5.75 Å². The first-order valence-corrected chi connectivity index (χ1v) is 5.61. The van der Waals surface area contributed by atoms with E-state index < -0.39 is 0 Å². The van der Waals surface area contributed by atoms with Gasteiger partial charge in [0.25, 0.3) is 0 Å². The summed E-state index contributed by atoms with van der Waals surface area (Å²) in [4.78, 5) is 0. The average Bonchev–Trinajstić information content (AvgIpc) is 2.92. The lowest BCUT2D eigenvalue weighted by atomic mass is 10.1. The zero-order chi connectivity index (χ0) is 12.8. The summed E-state index contributed by atoms with van der Waals surface area (Å²) >= 11 is 0. The number of halogens is 1.